The average Bonchev–Trinajstić information content (AvgIpc) is 3.25. The van der Waals surface area contributed by atoms with Crippen LogP contribution in [0.15, 0.2) is 60.7 Å². The molecule has 3 aromatic rings. The summed E-state index contributed by atoms with van der Waals surface area (Å²) in [5.74, 6) is 0.229. The predicted octanol–water partition coefficient (Wildman–Crippen LogP) is 3.92. The molecule has 34 heavy (non-hydrogen) atoms. The third-order valence-corrected chi connectivity index (χ3v) is 6.37. The smallest absolute Gasteiger partial charge is 0.273 e. The molecule has 7 nitrogen and oxygen atoms in total. The van der Waals surface area contributed by atoms with E-state index in [0.717, 1.165) is 16.8 Å². The summed E-state index contributed by atoms with van der Waals surface area (Å²) in [7, 11) is 1.60. The van der Waals surface area contributed by atoms with Crippen LogP contribution < -0.4 is 10.1 Å². The molecule has 1 aliphatic rings. The summed E-state index contributed by atoms with van der Waals surface area (Å²) < 4.78 is 7.20. The Bertz CT molecular complexity index is 1200. The van der Waals surface area contributed by atoms with Crippen molar-refractivity contribution in [1.82, 2.24) is 20.0 Å². The highest BCUT2D eigenvalue weighted by molar-refractivity contribution is 5.99. The van der Waals surface area contributed by atoms with Crippen LogP contribution in [-0.4, -0.2) is 39.1 Å². The highest BCUT2D eigenvalue weighted by Gasteiger charge is 2.48. The highest BCUT2D eigenvalue weighted by atomic mass is 16.5. The fraction of sp³-hybridized carbons (Fsp3) is 0.370. The van der Waals surface area contributed by atoms with Gasteiger partial charge in [-0.15, -0.1) is 0 Å². The van der Waals surface area contributed by atoms with Crippen LogP contribution >= 0.6 is 0 Å². The minimum absolute atomic E-state index is 0.218. The lowest BCUT2D eigenvalue weighted by atomic mass is 9.91. The molecular formula is C27H32N4O3. The molecule has 7 heteroatoms. The zero-order valence-corrected chi connectivity index (χ0v) is 20.5. The van der Waals surface area contributed by atoms with Crippen molar-refractivity contribution in [2.75, 3.05) is 7.11 Å². The topological polar surface area (TPSA) is 76.5 Å². The van der Waals surface area contributed by atoms with E-state index in [4.69, 9.17) is 9.84 Å². The zero-order chi connectivity index (χ0) is 24.5. The first-order valence-electron chi connectivity index (χ1n) is 11.5. The van der Waals surface area contributed by atoms with Crippen molar-refractivity contribution >= 4 is 11.8 Å². The van der Waals surface area contributed by atoms with Crippen LogP contribution in [0.5, 0.6) is 5.75 Å². The fourth-order valence-electron chi connectivity index (χ4n) is 4.23. The van der Waals surface area contributed by atoms with Gasteiger partial charge in [0.15, 0.2) is 0 Å². The molecule has 2 amide bonds. The van der Waals surface area contributed by atoms with Gasteiger partial charge < -0.3 is 15.0 Å². The van der Waals surface area contributed by atoms with Gasteiger partial charge in [-0.2, -0.15) is 5.10 Å². The van der Waals surface area contributed by atoms with Crippen molar-refractivity contribution in [2.45, 2.75) is 58.3 Å². The Balaban J connectivity index is 1.71. The van der Waals surface area contributed by atoms with Gasteiger partial charge in [0, 0.05) is 17.5 Å². The lowest BCUT2D eigenvalue weighted by molar-refractivity contribution is -0.133. The van der Waals surface area contributed by atoms with Crippen LogP contribution in [-0.2, 0) is 29.8 Å². The van der Waals surface area contributed by atoms with Gasteiger partial charge in [0.05, 0.1) is 25.9 Å². The number of carbonyl (C=O) groups excluding carboxylic acids is 2. The van der Waals surface area contributed by atoms with Crippen molar-refractivity contribution in [1.29, 1.82) is 0 Å². The van der Waals surface area contributed by atoms with Crippen molar-refractivity contribution in [3.8, 4) is 5.75 Å². The predicted molar refractivity (Wildman–Crippen MR) is 130 cm³/mol. The number of rotatable bonds is 6. The molecule has 1 aliphatic heterocycles. The van der Waals surface area contributed by atoms with E-state index < -0.39 is 5.54 Å². The highest BCUT2D eigenvalue weighted by Crippen LogP contribution is 2.33. The van der Waals surface area contributed by atoms with E-state index in [1.165, 1.54) is 0 Å². The summed E-state index contributed by atoms with van der Waals surface area (Å²) in [4.78, 5) is 29.1. The number of aromatic nitrogens is 2. The number of amides is 2. The number of hydrogen-bond donors (Lipinski definition) is 1. The van der Waals surface area contributed by atoms with Crippen molar-refractivity contribution < 1.29 is 14.3 Å². The Labute approximate surface area is 200 Å². The summed E-state index contributed by atoms with van der Waals surface area (Å²) >= 11 is 0. The molecule has 1 unspecified atom stereocenters. The summed E-state index contributed by atoms with van der Waals surface area (Å²) in [6, 6.07) is 19.1. The first-order valence-corrected chi connectivity index (χ1v) is 11.5. The quantitative estimate of drug-likeness (QED) is 0.605. The summed E-state index contributed by atoms with van der Waals surface area (Å²) in [5.41, 5.74) is 1.79. The van der Waals surface area contributed by atoms with Crippen molar-refractivity contribution in [3.63, 3.8) is 0 Å². The molecular weight excluding hydrogens is 428 g/mol. The minimum atomic E-state index is -1.14. The van der Waals surface area contributed by atoms with E-state index in [0.29, 0.717) is 18.0 Å². The van der Waals surface area contributed by atoms with Crippen LogP contribution in [0.2, 0.25) is 0 Å². The number of ether oxygens (including phenoxy) is 1. The lowest BCUT2D eigenvalue weighted by Gasteiger charge is -2.43. The van der Waals surface area contributed by atoms with Gasteiger partial charge in [-0.05, 0) is 24.6 Å². The first-order chi connectivity index (χ1) is 16.1. The maximum Gasteiger partial charge on any atom is 0.273 e. The molecule has 0 bridgehead atoms. The average molecular weight is 461 g/mol. The molecule has 2 heterocycles. The Morgan fingerprint density at radius 2 is 1.79 bits per heavy atom. The van der Waals surface area contributed by atoms with Crippen molar-refractivity contribution in [2.24, 2.45) is 0 Å². The second-order valence-corrected chi connectivity index (χ2v) is 9.97. The van der Waals surface area contributed by atoms with E-state index in [9.17, 15) is 9.59 Å². The van der Waals surface area contributed by atoms with E-state index in [1.807, 2.05) is 67.6 Å². The van der Waals surface area contributed by atoms with E-state index in [2.05, 4.69) is 26.1 Å². The number of methoxy groups -OCH3 is 1. The molecule has 4 rings (SSSR count). The van der Waals surface area contributed by atoms with E-state index in [1.54, 1.807) is 16.7 Å². The van der Waals surface area contributed by atoms with Crippen LogP contribution in [0.4, 0.5) is 0 Å². The number of para-hydroxylation sites is 1. The zero-order valence-electron chi connectivity index (χ0n) is 20.5. The first kappa shape index (κ1) is 23.5. The molecule has 1 atom stereocenters. The third-order valence-electron chi connectivity index (χ3n) is 6.37. The van der Waals surface area contributed by atoms with Crippen LogP contribution in [0, 0.1) is 0 Å². The monoisotopic (exact) mass is 460 g/mol. The number of nitrogens with zero attached hydrogens (tertiary/aromatic N) is 3. The van der Waals surface area contributed by atoms with E-state index in [-0.39, 0.29) is 30.3 Å². The standard InChI is InChI=1S/C27H32N4O3/c1-26(2,3)23-15-21-24(32)30(17-20-13-9-10-14-22(20)34-5)27(4,18-31(21)29-23)25(33)28-16-19-11-7-6-8-12-19/h6-15H,16-18H2,1-5H3,(H,28,33). The molecule has 1 N–H and O–H groups in total. The second kappa shape index (κ2) is 8.97. The lowest BCUT2D eigenvalue weighted by Crippen LogP contribution is -2.63. The van der Waals surface area contributed by atoms with Gasteiger partial charge >= 0.3 is 0 Å². The van der Waals surface area contributed by atoms with Crippen molar-refractivity contribution in [3.05, 3.63) is 83.2 Å². The second-order valence-electron chi connectivity index (χ2n) is 9.97. The Morgan fingerprint density at radius 1 is 1.12 bits per heavy atom. The van der Waals surface area contributed by atoms with Gasteiger partial charge in [0.2, 0.25) is 5.91 Å². The summed E-state index contributed by atoms with van der Waals surface area (Å²) in [5, 5.41) is 7.75. The Kier molecular flexibility index (Phi) is 6.21. The molecule has 0 aliphatic carbocycles. The molecule has 1 aromatic heterocycles. The van der Waals surface area contributed by atoms with Gasteiger partial charge in [-0.25, -0.2) is 0 Å². The minimum Gasteiger partial charge on any atom is -0.496 e. The molecule has 0 saturated carbocycles. The molecule has 2 aromatic carbocycles. The summed E-state index contributed by atoms with van der Waals surface area (Å²) in [6.07, 6.45) is 0. The number of fused-ring (bicyclic) bond motifs is 1. The SMILES string of the molecule is COc1ccccc1CN1C(=O)c2cc(C(C)(C)C)nn2CC1(C)C(=O)NCc1ccccc1. The number of benzene rings is 2. The Morgan fingerprint density at radius 3 is 2.47 bits per heavy atom. The van der Waals surface area contributed by atoms with Gasteiger partial charge in [-0.3, -0.25) is 14.3 Å². The Hall–Kier alpha value is -3.61. The number of carbonyl (C=O) groups is 2. The van der Waals surface area contributed by atoms with Crippen LogP contribution in [0.25, 0.3) is 0 Å². The molecule has 0 radical (unpaired) electrons. The van der Waals surface area contributed by atoms with Gasteiger partial charge in [-0.1, -0.05) is 69.3 Å². The molecule has 0 fully saturated rings. The number of nitrogens with one attached hydrogen (secondary N) is 1. The normalized spacial score (nSPS) is 17.9. The maximum atomic E-state index is 13.8. The molecule has 0 saturated heterocycles. The third kappa shape index (κ3) is 4.42. The van der Waals surface area contributed by atoms with E-state index >= 15 is 0 Å². The van der Waals surface area contributed by atoms with Crippen LogP contribution in [0.3, 0.4) is 0 Å². The van der Waals surface area contributed by atoms with Crippen LogP contribution in [0.1, 0.15) is 55.0 Å². The largest absolute Gasteiger partial charge is 0.496 e. The van der Waals surface area contributed by atoms with Gasteiger partial charge in [0.25, 0.3) is 5.91 Å². The fourth-order valence-corrected chi connectivity index (χ4v) is 4.23. The maximum absolute atomic E-state index is 13.8. The summed E-state index contributed by atoms with van der Waals surface area (Å²) in [6.45, 7) is 8.87. The van der Waals surface area contributed by atoms with Gasteiger partial charge in [0.1, 0.15) is 17.0 Å². The number of hydrogen-bond acceptors (Lipinski definition) is 4. The molecule has 178 valence electrons. The molecule has 0 spiro atoms.